The van der Waals surface area contributed by atoms with Crippen molar-refractivity contribution in [1.82, 2.24) is 0 Å². The molecule has 0 unspecified atom stereocenters. The molecule has 0 heterocycles. The van der Waals surface area contributed by atoms with E-state index in [0.717, 1.165) is 77.0 Å². The van der Waals surface area contributed by atoms with Gasteiger partial charge in [-0.1, -0.05) is 85.1 Å². The molecule has 4 radical (unpaired) electrons. The molecule has 182 valence electrons. The molecule has 0 bridgehead atoms. The summed E-state index contributed by atoms with van der Waals surface area (Å²) in [5, 5.41) is 0. The summed E-state index contributed by atoms with van der Waals surface area (Å²) in [5.41, 5.74) is 0. The number of carbonyl (C=O) groups is 1. The van der Waals surface area contributed by atoms with Crippen molar-refractivity contribution in [1.29, 1.82) is 0 Å². The van der Waals surface area contributed by atoms with Gasteiger partial charge in [-0.25, -0.2) is 0 Å². The van der Waals surface area contributed by atoms with Crippen LogP contribution in [0.1, 0.15) is 90.9 Å². The third-order valence-electron chi connectivity index (χ3n) is 4.62. The van der Waals surface area contributed by atoms with Crippen LogP contribution in [0.15, 0.2) is 85.1 Å². The number of ether oxygens (including phenoxy) is 1. The molecule has 0 aliphatic rings. The second kappa shape index (κ2) is 30.4. The second-order valence-electron chi connectivity index (χ2n) is 7.66. The molecule has 0 amide bonds. The molecule has 0 N–H and O–H groups in total. The SMILES string of the molecule is CC=CCCC=CCCC=CCCC=CCCC=CCCC=CCCC=CCOC(C)=O.[Sn]. The second-order valence-corrected chi connectivity index (χ2v) is 7.66. The van der Waals surface area contributed by atoms with Gasteiger partial charge in [0.1, 0.15) is 6.61 Å². The average molecular weight is 557 g/mol. The molecule has 3 heteroatoms. The van der Waals surface area contributed by atoms with Crippen LogP contribution in [-0.2, 0) is 9.53 Å². The number of hydrogen-bond acceptors (Lipinski definition) is 2. The normalized spacial score (nSPS) is 12.5. The largest absolute Gasteiger partial charge is 0.462 e. The maximum absolute atomic E-state index is 10.6. The van der Waals surface area contributed by atoms with Gasteiger partial charge in [0.25, 0.3) is 0 Å². The van der Waals surface area contributed by atoms with Gasteiger partial charge in [0, 0.05) is 30.8 Å². The molecule has 33 heavy (non-hydrogen) atoms. The summed E-state index contributed by atoms with van der Waals surface area (Å²) in [6.45, 7) is 3.88. The van der Waals surface area contributed by atoms with Crippen LogP contribution in [0.3, 0.4) is 0 Å². The summed E-state index contributed by atoms with van der Waals surface area (Å²) in [6.07, 6.45) is 44.6. The van der Waals surface area contributed by atoms with Gasteiger partial charge in [-0.05, 0) is 84.0 Å². The fraction of sp³-hybridized carbons (Fsp3) is 0.500. The van der Waals surface area contributed by atoms with Crippen molar-refractivity contribution in [2.24, 2.45) is 0 Å². The quantitative estimate of drug-likeness (QED) is 0.0648. The van der Waals surface area contributed by atoms with E-state index in [-0.39, 0.29) is 29.9 Å². The summed E-state index contributed by atoms with van der Waals surface area (Å²) < 4.78 is 4.84. The Morgan fingerprint density at radius 2 is 0.727 bits per heavy atom. The first-order chi connectivity index (χ1) is 15.8. The van der Waals surface area contributed by atoms with Crippen LogP contribution in [0, 0.1) is 0 Å². The molecular weight excluding hydrogens is 511 g/mol. The third kappa shape index (κ3) is 32.7. The van der Waals surface area contributed by atoms with Crippen LogP contribution in [0.5, 0.6) is 0 Å². The van der Waals surface area contributed by atoms with E-state index in [0.29, 0.717) is 6.61 Å². The summed E-state index contributed by atoms with van der Waals surface area (Å²) in [5.74, 6) is -0.229. The molecule has 2 nitrogen and oxygen atoms in total. The molecule has 0 saturated heterocycles. The number of esters is 1. The van der Waals surface area contributed by atoms with Gasteiger partial charge in [-0.3, -0.25) is 4.79 Å². The first-order valence-corrected chi connectivity index (χ1v) is 12.4. The number of hydrogen-bond donors (Lipinski definition) is 0. The van der Waals surface area contributed by atoms with Crippen LogP contribution in [0.4, 0.5) is 0 Å². The average Bonchev–Trinajstić information content (AvgIpc) is 2.78. The molecule has 0 atom stereocenters. The van der Waals surface area contributed by atoms with Crippen LogP contribution in [0.25, 0.3) is 0 Å². The van der Waals surface area contributed by atoms with Crippen molar-refractivity contribution in [2.75, 3.05) is 6.61 Å². The Morgan fingerprint density at radius 1 is 0.485 bits per heavy atom. The van der Waals surface area contributed by atoms with Crippen molar-refractivity contribution < 1.29 is 9.53 Å². The van der Waals surface area contributed by atoms with E-state index in [4.69, 9.17) is 4.74 Å². The van der Waals surface area contributed by atoms with E-state index in [1.165, 1.54) is 6.92 Å². The number of unbranched alkanes of at least 4 members (excludes halogenated alkanes) is 6. The van der Waals surface area contributed by atoms with Crippen molar-refractivity contribution in [3.05, 3.63) is 85.1 Å². The third-order valence-corrected chi connectivity index (χ3v) is 4.62. The molecular formula is C30H46O2Sn. The fourth-order valence-electron chi connectivity index (χ4n) is 2.85. The Bertz CT molecular complexity index is 621. The van der Waals surface area contributed by atoms with E-state index in [9.17, 15) is 4.79 Å². The number of rotatable bonds is 20. The van der Waals surface area contributed by atoms with E-state index >= 15 is 0 Å². The zero-order valence-corrected chi connectivity index (χ0v) is 23.9. The van der Waals surface area contributed by atoms with Crippen LogP contribution < -0.4 is 0 Å². The summed E-state index contributed by atoms with van der Waals surface area (Å²) in [7, 11) is 0. The molecule has 0 rings (SSSR count). The van der Waals surface area contributed by atoms with Crippen LogP contribution in [-0.4, -0.2) is 36.5 Å². The van der Waals surface area contributed by atoms with Crippen molar-refractivity contribution in [3.8, 4) is 0 Å². The Kier molecular flexibility index (Phi) is 31.0. The van der Waals surface area contributed by atoms with E-state index in [1.807, 2.05) is 6.08 Å². The van der Waals surface area contributed by atoms with Gasteiger partial charge in [0.05, 0.1) is 0 Å². The molecule has 0 aromatic heterocycles. The zero-order chi connectivity index (χ0) is 23.4. The monoisotopic (exact) mass is 558 g/mol. The number of carbonyl (C=O) groups excluding carboxylic acids is 1. The summed E-state index contributed by atoms with van der Waals surface area (Å²) >= 11 is 0. The van der Waals surface area contributed by atoms with Crippen molar-refractivity contribution in [2.45, 2.75) is 90.9 Å². The topological polar surface area (TPSA) is 26.3 Å². The number of allylic oxidation sites excluding steroid dienone is 13. The Morgan fingerprint density at radius 3 is 0.970 bits per heavy atom. The Balaban J connectivity index is 0. The first kappa shape index (κ1) is 33.6. The molecule has 0 saturated carbocycles. The standard InChI is InChI=1S/C30H46O2.Sn/c1-3-4-5-6-7-8-9-10-11-12-13-14-15-16-17-18-19-20-21-22-23-24-25-26-27-28-29-32-30(2)31;/h3-4,7-8,11-12,15-16,19-20,23-24,27-28H,5-6,9-10,13-14,17-18,21-22,25-26,29H2,1-2H3;. The minimum atomic E-state index is -0.229. The summed E-state index contributed by atoms with van der Waals surface area (Å²) in [6, 6.07) is 0. The Labute approximate surface area is 221 Å². The van der Waals surface area contributed by atoms with Gasteiger partial charge in [0.15, 0.2) is 0 Å². The van der Waals surface area contributed by atoms with Crippen molar-refractivity contribution >= 4 is 29.9 Å². The van der Waals surface area contributed by atoms with E-state index < -0.39 is 0 Å². The molecule has 0 aromatic rings. The predicted molar refractivity (Wildman–Crippen MR) is 147 cm³/mol. The maximum atomic E-state index is 10.6. The van der Waals surface area contributed by atoms with Gasteiger partial charge in [0.2, 0.25) is 0 Å². The van der Waals surface area contributed by atoms with Crippen LogP contribution >= 0.6 is 0 Å². The smallest absolute Gasteiger partial charge is 0.302 e. The van der Waals surface area contributed by atoms with Gasteiger partial charge < -0.3 is 4.74 Å². The summed E-state index contributed by atoms with van der Waals surface area (Å²) in [4.78, 5) is 10.6. The molecule has 0 fully saturated rings. The van der Waals surface area contributed by atoms with Gasteiger partial charge in [-0.15, -0.1) is 0 Å². The molecule has 0 aliphatic carbocycles. The van der Waals surface area contributed by atoms with Gasteiger partial charge in [-0.2, -0.15) is 0 Å². The van der Waals surface area contributed by atoms with E-state index in [2.05, 4.69) is 85.9 Å². The molecule has 0 aromatic carbocycles. The first-order valence-electron chi connectivity index (χ1n) is 12.4. The minimum absolute atomic E-state index is 0. The van der Waals surface area contributed by atoms with Gasteiger partial charge >= 0.3 is 5.97 Å². The fourth-order valence-corrected chi connectivity index (χ4v) is 2.85. The van der Waals surface area contributed by atoms with E-state index in [1.54, 1.807) is 0 Å². The predicted octanol–water partition coefficient (Wildman–Crippen LogP) is 8.76. The maximum Gasteiger partial charge on any atom is 0.302 e. The molecule has 0 aliphatic heterocycles. The molecule has 0 spiro atoms. The zero-order valence-electron chi connectivity index (χ0n) is 21.1. The van der Waals surface area contributed by atoms with Crippen LogP contribution in [0.2, 0.25) is 0 Å². The Hall–Kier alpha value is -1.55. The minimum Gasteiger partial charge on any atom is -0.462 e. The van der Waals surface area contributed by atoms with Crippen molar-refractivity contribution in [3.63, 3.8) is 0 Å².